The molecule has 6 heteroatoms. The van der Waals surface area contributed by atoms with Crippen LogP contribution in [-0.2, 0) is 4.79 Å². The zero-order valence-corrected chi connectivity index (χ0v) is 13.6. The maximum atomic E-state index is 13.5. The summed E-state index contributed by atoms with van der Waals surface area (Å²) in [6.07, 6.45) is 0. The van der Waals surface area contributed by atoms with Crippen molar-refractivity contribution in [1.82, 2.24) is 0 Å². The molecule has 0 saturated carbocycles. The zero-order chi connectivity index (χ0) is 18.4. The van der Waals surface area contributed by atoms with Crippen molar-refractivity contribution in [2.45, 2.75) is 0 Å². The molecule has 4 nitrogen and oxygen atoms in total. The predicted molar refractivity (Wildman–Crippen MR) is 93.4 cm³/mol. The molecule has 0 bridgehead atoms. The molecule has 0 spiro atoms. The van der Waals surface area contributed by atoms with E-state index < -0.39 is 24.1 Å². The van der Waals surface area contributed by atoms with Crippen molar-refractivity contribution >= 4 is 11.6 Å². The monoisotopic (exact) mass is 355 g/mol. The molecule has 3 aromatic carbocycles. The van der Waals surface area contributed by atoms with Gasteiger partial charge in [-0.3, -0.25) is 4.79 Å². The van der Waals surface area contributed by atoms with Gasteiger partial charge in [-0.2, -0.15) is 0 Å². The first-order valence-corrected chi connectivity index (χ1v) is 7.81. The van der Waals surface area contributed by atoms with Gasteiger partial charge in [0, 0.05) is 6.07 Å². The first-order chi connectivity index (χ1) is 12.6. The molecule has 0 aliphatic carbocycles. The van der Waals surface area contributed by atoms with Gasteiger partial charge >= 0.3 is 0 Å². The minimum atomic E-state index is -0.870. The van der Waals surface area contributed by atoms with Gasteiger partial charge in [0.15, 0.2) is 23.9 Å². The van der Waals surface area contributed by atoms with E-state index >= 15 is 0 Å². The molecule has 1 amide bonds. The zero-order valence-electron chi connectivity index (χ0n) is 13.6. The number of halogens is 2. The summed E-state index contributed by atoms with van der Waals surface area (Å²) in [5, 5.41) is 2.65. The maximum absolute atomic E-state index is 13.5. The molecule has 0 fully saturated rings. The summed E-state index contributed by atoms with van der Waals surface area (Å²) in [6, 6.07) is 18.9. The summed E-state index contributed by atoms with van der Waals surface area (Å²) in [5.41, 5.74) is 0.449. The van der Waals surface area contributed by atoms with Gasteiger partial charge in [-0.25, -0.2) is 8.78 Å². The predicted octanol–water partition coefficient (Wildman–Crippen LogP) is 4.77. The van der Waals surface area contributed by atoms with Crippen molar-refractivity contribution in [3.05, 3.63) is 84.4 Å². The third-order valence-corrected chi connectivity index (χ3v) is 3.38. The topological polar surface area (TPSA) is 47.6 Å². The van der Waals surface area contributed by atoms with Gasteiger partial charge in [-0.15, -0.1) is 0 Å². The molecule has 0 atom stereocenters. The molecule has 0 saturated heterocycles. The Balaban J connectivity index is 1.64. The SMILES string of the molecule is O=C(COc1ccc(F)cc1F)Nc1ccccc1Oc1ccccc1. The number of rotatable bonds is 6. The van der Waals surface area contributed by atoms with Gasteiger partial charge in [0.25, 0.3) is 5.91 Å². The third-order valence-electron chi connectivity index (χ3n) is 3.38. The van der Waals surface area contributed by atoms with Crippen molar-refractivity contribution in [2.24, 2.45) is 0 Å². The minimum Gasteiger partial charge on any atom is -0.481 e. The number of amides is 1. The molecule has 26 heavy (non-hydrogen) atoms. The van der Waals surface area contributed by atoms with Gasteiger partial charge in [-0.1, -0.05) is 30.3 Å². The van der Waals surface area contributed by atoms with Crippen LogP contribution < -0.4 is 14.8 Å². The number of hydrogen-bond acceptors (Lipinski definition) is 3. The van der Waals surface area contributed by atoms with Gasteiger partial charge in [0.05, 0.1) is 5.69 Å². The lowest BCUT2D eigenvalue weighted by molar-refractivity contribution is -0.118. The fourth-order valence-corrected chi connectivity index (χ4v) is 2.20. The van der Waals surface area contributed by atoms with E-state index in [9.17, 15) is 13.6 Å². The number of hydrogen-bond donors (Lipinski definition) is 1. The number of benzene rings is 3. The second kappa shape index (κ2) is 8.11. The van der Waals surface area contributed by atoms with Crippen LogP contribution in [0.1, 0.15) is 0 Å². The van der Waals surface area contributed by atoms with E-state index in [2.05, 4.69) is 5.32 Å². The van der Waals surface area contributed by atoms with E-state index in [0.717, 1.165) is 12.1 Å². The quantitative estimate of drug-likeness (QED) is 0.693. The molecule has 0 heterocycles. The fourth-order valence-electron chi connectivity index (χ4n) is 2.20. The number of nitrogens with one attached hydrogen (secondary N) is 1. The Morgan fingerprint density at radius 3 is 2.38 bits per heavy atom. The van der Waals surface area contributed by atoms with E-state index in [4.69, 9.17) is 9.47 Å². The lowest BCUT2D eigenvalue weighted by Gasteiger charge is -2.12. The van der Waals surface area contributed by atoms with Gasteiger partial charge in [-0.05, 0) is 36.4 Å². The molecule has 132 valence electrons. The van der Waals surface area contributed by atoms with Gasteiger partial charge in [0.2, 0.25) is 0 Å². The highest BCUT2D eigenvalue weighted by atomic mass is 19.1. The highest BCUT2D eigenvalue weighted by molar-refractivity contribution is 5.93. The average Bonchev–Trinajstić information content (AvgIpc) is 2.63. The lowest BCUT2D eigenvalue weighted by Crippen LogP contribution is -2.20. The summed E-state index contributed by atoms with van der Waals surface area (Å²) in [4.78, 5) is 12.1. The number of anilines is 1. The Morgan fingerprint density at radius 2 is 1.62 bits per heavy atom. The first-order valence-electron chi connectivity index (χ1n) is 7.81. The molecule has 0 radical (unpaired) electrons. The van der Waals surface area contributed by atoms with Crippen LogP contribution in [0.2, 0.25) is 0 Å². The van der Waals surface area contributed by atoms with Crippen LogP contribution in [0.15, 0.2) is 72.8 Å². The molecular weight excluding hydrogens is 340 g/mol. The van der Waals surface area contributed by atoms with Crippen molar-refractivity contribution < 1.29 is 23.0 Å². The van der Waals surface area contributed by atoms with Crippen LogP contribution in [0.25, 0.3) is 0 Å². The fraction of sp³-hybridized carbons (Fsp3) is 0.0500. The van der Waals surface area contributed by atoms with E-state index in [0.29, 0.717) is 23.3 Å². The summed E-state index contributed by atoms with van der Waals surface area (Å²) in [5.74, 6) is -1.20. The van der Waals surface area contributed by atoms with Crippen molar-refractivity contribution in [2.75, 3.05) is 11.9 Å². The summed E-state index contributed by atoms with van der Waals surface area (Å²) < 4.78 is 37.2. The Labute approximate surface area is 149 Å². The second-order valence-corrected chi connectivity index (χ2v) is 5.32. The molecule has 0 aliphatic heterocycles. The molecule has 0 aliphatic rings. The molecule has 0 unspecified atom stereocenters. The Morgan fingerprint density at radius 1 is 0.885 bits per heavy atom. The normalized spacial score (nSPS) is 10.2. The Bertz CT molecular complexity index is 901. The molecule has 3 rings (SSSR count). The summed E-state index contributed by atoms with van der Waals surface area (Å²) >= 11 is 0. The van der Waals surface area contributed by atoms with Crippen LogP contribution in [0.3, 0.4) is 0 Å². The smallest absolute Gasteiger partial charge is 0.262 e. The average molecular weight is 355 g/mol. The van der Waals surface area contributed by atoms with Crippen LogP contribution in [0, 0.1) is 11.6 Å². The number of carbonyl (C=O) groups excluding carboxylic acids is 1. The second-order valence-electron chi connectivity index (χ2n) is 5.32. The Kier molecular flexibility index (Phi) is 5.43. The van der Waals surface area contributed by atoms with Crippen LogP contribution in [-0.4, -0.2) is 12.5 Å². The van der Waals surface area contributed by atoms with Crippen molar-refractivity contribution in [3.8, 4) is 17.2 Å². The first kappa shape index (κ1) is 17.4. The van der Waals surface area contributed by atoms with E-state index in [-0.39, 0.29) is 5.75 Å². The highest BCUT2D eigenvalue weighted by Gasteiger charge is 2.11. The van der Waals surface area contributed by atoms with Crippen LogP contribution in [0.4, 0.5) is 14.5 Å². The molecule has 1 N–H and O–H groups in total. The van der Waals surface area contributed by atoms with Crippen LogP contribution in [0.5, 0.6) is 17.2 Å². The van der Waals surface area contributed by atoms with E-state index in [1.807, 2.05) is 18.2 Å². The number of ether oxygens (including phenoxy) is 2. The maximum Gasteiger partial charge on any atom is 0.262 e. The van der Waals surface area contributed by atoms with E-state index in [1.165, 1.54) is 0 Å². The van der Waals surface area contributed by atoms with Crippen molar-refractivity contribution in [3.63, 3.8) is 0 Å². The number of carbonyl (C=O) groups is 1. The lowest BCUT2D eigenvalue weighted by atomic mass is 10.3. The standard InChI is InChI=1S/C20H15F2NO3/c21-14-10-11-18(16(22)12-14)25-13-20(24)23-17-8-4-5-9-19(17)26-15-6-2-1-3-7-15/h1-12H,13H2,(H,23,24). The minimum absolute atomic E-state index is 0.199. The van der Waals surface area contributed by atoms with Crippen LogP contribution >= 0.6 is 0 Å². The largest absolute Gasteiger partial charge is 0.481 e. The van der Waals surface area contributed by atoms with Gasteiger partial charge < -0.3 is 14.8 Å². The summed E-state index contributed by atoms with van der Waals surface area (Å²) in [7, 11) is 0. The third kappa shape index (κ3) is 4.57. The van der Waals surface area contributed by atoms with E-state index in [1.54, 1.807) is 36.4 Å². The molecular formula is C20H15F2NO3. The van der Waals surface area contributed by atoms with Gasteiger partial charge in [0.1, 0.15) is 11.6 Å². The van der Waals surface area contributed by atoms with Crippen molar-refractivity contribution in [1.29, 1.82) is 0 Å². The molecule has 3 aromatic rings. The summed E-state index contributed by atoms with van der Waals surface area (Å²) in [6.45, 7) is -0.428. The Hall–Kier alpha value is -3.41. The highest BCUT2D eigenvalue weighted by Crippen LogP contribution is 2.29. The molecule has 0 aromatic heterocycles. The number of para-hydroxylation sites is 3.